The van der Waals surface area contributed by atoms with Crippen molar-refractivity contribution in [1.29, 1.82) is 0 Å². The Labute approximate surface area is 121 Å². The molecule has 4 nitrogen and oxygen atoms in total. The maximum atomic E-state index is 12.0. The number of carbonyl (C=O) groups is 1. The number of aromatic hydroxyl groups is 1. The Morgan fingerprint density at radius 1 is 1.20 bits per heavy atom. The van der Waals surface area contributed by atoms with Gasteiger partial charge in [0.05, 0.1) is 25.2 Å². The van der Waals surface area contributed by atoms with E-state index in [0.29, 0.717) is 11.5 Å². The molecular weight excluding hydrogens is 254 g/mol. The SMILES string of the molecule is CC[NH+](CC)C[C@H](C)[C@H](C)OC(=O)c1ccc(O)cc1. The fraction of sp³-hybridized carbons (Fsp3) is 0.562. The third kappa shape index (κ3) is 4.85. The third-order valence-corrected chi connectivity index (χ3v) is 3.81. The number of nitrogens with one attached hydrogen (secondary N) is 1. The summed E-state index contributed by atoms with van der Waals surface area (Å²) in [6.07, 6.45) is -0.121. The smallest absolute Gasteiger partial charge is 0.338 e. The lowest BCUT2D eigenvalue weighted by molar-refractivity contribution is -0.900. The molecule has 0 saturated carbocycles. The number of phenolic OH excluding ortho intramolecular Hbond substituents is 1. The number of carbonyl (C=O) groups excluding carboxylic acids is 1. The first kappa shape index (κ1) is 16.5. The number of phenols is 1. The maximum absolute atomic E-state index is 12.0. The van der Waals surface area contributed by atoms with E-state index >= 15 is 0 Å². The van der Waals surface area contributed by atoms with Crippen LogP contribution in [0.5, 0.6) is 5.75 Å². The molecular formula is C16H26NO3+. The van der Waals surface area contributed by atoms with Gasteiger partial charge >= 0.3 is 5.97 Å². The van der Waals surface area contributed by atoms with Crippen molar-refractivity contribution >= 4 is 5.97 Å². The topological polar surface area (TPSA) is 51.0 Å². The van der Waals surface area contributed by atoms with Crippen LogP contribution in [0.4, 0.5) is 0 Å². The van der Waals surface area contributed by atoms with Gasteiger partial charge in [-0.15, -0.1) is 0 Å². The molecule has 0 aliphatic heterocycles. The highest BCUT2D eigenvalue weighted by atomic mass is 16.5. The van der Waals surface area contributed by atoms with Gasteiger partial charge in [0.2, 0.25) is 0 Å². The molecule has 2 N–H and O–H groups in total. The number of rotatable bonds is 7. The summed E-state index contributed by atoms with van der Waals surface area (Å²) in [5.41, 5.74) is 0.469. The Bertz CT molecular complexity index is 412. The first-order chi connectivity index (χ1) is 9.47. The third-order valence-electron chi connectivity index (χ3n) is 3.81. The van der Waals surface area contributed by atoms with Crippen molar-refractivity contribution < 1.29 is 19.5 Å². The average molecular weight is 280 g/mol. The predicted molar refractivity (Wildman–Crippen MR) is 79.1 cm³/mol. The molecule has 0 heterocycles. The number of esters is 1. The van der Waals surface area contributed by atoms with Gasteiger partial charge in [0.1, 0.15) is 11.9 Å². The van der Waals surface area contributed by atoms with Gasteiger partial charge in [-0.1, -0.05) is 6.92 Å². The van der Waals surface area contributed by atoms with Crippen LogP contribution in [0.25, 0.3) is 0 Å². The predicted octanol–water partition coefficient (Wildman–Crippen LogP) is 1.50. The van der Waals surface area contributed by atoms with Crippen LogP contribution < -0.4 is 4.90 Å². The second kappa shape index (κ2) is 7.90. The number of hydrogen-bond acceptors (Lipinski definition) is 3. The van der Waals surface area contributed by atoms with Crippen LogP contribution in [0.3, 0.4) is 0 Å². The van der Waals surface area contributed by atoms with Crippen molar-refractivity contribution in [2.75, 3.05) is 19.6 Å². The molecule has 1 rings (SSSR count). The van der Waals surface area contributed by atoms with E-state index in [-0.39, 0.29) is 17.8 Å². The Morgan fingerprint density at radius 2 is 1.75 bits per heavy atom. The number of benzene rings is 1. The number of quaternary nitrogens is 1. The summed E-state index contributed by atoms with van der Waals surface area (Å²) >= 11 is 0. The summed E-state index contributed by atoms with van der Waals surface area (Å²) in [5.74, 6) is 0.123. The van der Waals surface area contributed by atoms with Crippen LogP contribution >= 0.6 is 0 Å². The van der Waals surface area contributed by atoms with Crippen LogP contribution in [0.15, 0.2) is 24.3 Å². The normalized spacial score (nSPS) is 14.1. The minimum atomic E-state index is -0.334. The van der Waals surface area contributed by atoms with Gasteiger partial charge < -0.3 is 14.7 Å². The highest BCUT2D eigenvalue weighted by Crippen LogP contribution is 2.13. The lowest BCUT2D eigenvalue weighted by atomic mass is 10.1. The van der Waals surface area contributed by atoms with Gasteiger partial charge in [-0.3, -0.25) is 0 Å². The highest BCUT2D eigenvalue weighted by molar-refractivity contribution is 5.89. The molecule has 1 aromatic rings. The summed E-state index contributed by atoms with van der Waals surface area (Å²) in [7, 11) is 0. The molecule has 0 radical (unpaired) electrons. The molecule has 0 unspecified atom stereocenters. The van der Waals surface area contributed by atoms with E-state index in [1.807, 2.05) is 6.92 Å². The quantitative estimate of drug-likeness (QED) is 0.744. The summed E-state index contributed by atoms with van der Waals surface area (Å²) < 4.78 is 5.49. The minimum absolute atomic E-state index is 0.121. The van der Waals surface area contributed by atoms with Crippen molar-refractivity contribution in [2.45, 2.75) is 33.8 Å². The fourth-order valence-electron chi connectivity index (χ4n) is 2.11. The van der Waals surface area contributed by atoms with E-state index in [4.69, 9.17) is 4.74 Å². The van der Waals surface area contributed by atoms with Crippen LogP contribution in [0.1, 0.15) is 38.1 Å². The van der Waals surface area contributed by atoms with Crippen molar-refractivity contribution in [3.63, 3.8) is 0 Å². The van der Waals surface area contributed by atoms with Gasteiger partial charge in [0.25, 0.3) is 0 Å². The monoisotopic (exact) mass is 280 g/mol. The average Bonchev–Trinajstić information content (AvgIpc) is 2.44. The van der Waals surface area contributed by atoms with Crippen molar-refractivity contribution in [2.24, 2.45) is 5.92 Å². The fourth-order valence-corrected chi connectivity index (χ4v) is 2.11. The Kier molecular flexibility index (Phi) is 6.52. The zero-order valence-corrected chi connectivity index (χ0v) is 12.8. The molecule has 0 aromatic heterocycles. The second-order valence-electron chi connectivity index (χ2n) is 5.30. The molecule has 2 atom stereocenters. The molecule has 0 saturated heterocycles. The zero-order chi connectivity index (χ0) is 15.1. The lowest BCUT2D eigenvalue weighted by Gasteiger charge is -2.24. The van der Waals surface area contributed by atoms with E-state index in [2.05, 4.69) is 20.8 Å². The van der Waals surface area contributed by atoms with Crippen LogP contribution in [-0.2, 0) is 4.74 Å². The summed E-state index contributed by atoms with van der Waals surface area (Å²) in [4.78, 5) is 13.5. The number of ether oxygens (including phenoxy) is 1. The van der Waals surface area contributed by atoms with Crippen molar-refractivity contribution in [3.8, 4) is 5.75 Å². The van der Waals surface area contributed by atoms with E-state index in [9.17, 15) is 9.90 Å². The lowest BCUT2D eigenvalue weighted by Crippen LogP contribution is -3.12. The zero-order valence-electron chi connectivity index (χ0n) is 12.8. The van der Waals surface area contributed by atoms with Gasteiger partial charge in [-0.2, -0.15) is 0 Å². The van der Waals surface area contributed by atoms with E-state index in [1.165, 1.54) is 17.0 Å². The second-order valence-corrected chi connectivity index (χ2v) is 5.30. The van der Waals surface area contributed by atoms with Gasteiger partial charge in [-0.05, 0) is 45.0 Å². The van der Waals surface area contributed by atoms with Gasteiger partial charge in [-0.25, -0.2) is 4.79 Å². The molecule has 0 amide bonds. The molecule has 0 spiro atoms. The summed E-state index contributed by atoms with van der Waals surface area (Å²) in [5, 5.41) is 9.21. The molecule has 0 fully saturated rings. The molecule has 1 aromatic carbocycles. The first-order valence-electron chi connectivity index (χ1n) is 7.31. The molecule has 0 aliphatic carbocycles. The van der Waals surface area contributed by atoms with Crippen molar-refractivity contribution in [3.05, 3.63) is 29.8 Å². The Hall–Kier alpha value is -1.55. The largest absolute Gasteiger partial charge is 0.508 e. The van der Waals surface area contributed by atoms with Gasteiger partial charge in [0.15, 0.2) is 0 Å². The standard InChI is InChI=1S/C16H25NO3/c1-5-17(6-2)11-12(3)13(4)20-16(19)14-7-9-15(18)10-8-14/h7-10,12-13,18H,5-6,11H2,1-4H3/p+1/t12-,13-/m0/s1. The van der Waals surface area contributed by atoms with Crippen LogP contribution in [0, 0.1) is 5.92 Å². The minimum Gasteiger partial charge on any atom is -0.508 e. The van der Waals surface area contributed by atoms with Crippen LogP contribution in [0.2, 0.25) is 0 Å². The molecule has 20 heavy (non-hydrogen) atoms. The molecule has 0 bridgehead atoms. The van der Waals surface area contributed by atoms with Crippen molar-refractivity contribution in [1.82, 2.24) is 0 Å². The number of hydrogen-bond donors (Lipinski definition) is 2. The summed E-state index contributed by atoms with van der Waals surface area (Å²) in [6.45, 7) is 11.5. The van der Waals surface area contributed by atoms with Crippen LogP contribution in [-0.4, -0.2) is 36.8 Å². The maximum Gasteiger partial charge on any atom is 0.338 e. The Morgan fingerprint density at radius 3 is 2.25 bits per heavy atom. The molecule has 112 valence electrons. The highest BCUT2D eigenvalue weighted by Gasteiger charge is 2.21. The van der Waals surface area contributed by atoms with Gasteiger partial charge in [0, 0.05) is 5.92 Å². The summed E-state index contributed by atoms with van der Waals surface area (Å²) in [6, 6.07) is 6.13. The van der Waals surface area contributed by atoms with E-state index in [0.717, 1.165) is 19.6 Å². The molecule has 0 aliphatic rings. The van der Waals surface area contributed by atoms with E-state index < -0.39 is 0 Å². The molecule has 4 heteroatoms. The van der Waals surface area contributed by atoms with E-state index in [1.54, 1.807) is 12.1 Å². The first-order valence-corrected chi connectivity index (χ1v) is 7.31. The Balaban J connectivity index is 2.54.